The van der Waals surface area contributed by atoms with Crippen molar-refractivity contribution < 1.29 is 4.42 Å². The van der Waals surface area contributed by atoms with E-state index in [9.17, 15) is 0 Å². The van der Waals surface area contributed by atoms with E-state index < -0.39 is 0 Å². The molecule has 1 heterocycles. The SMILES string of the molecule is CC1(C)c2ccccc2-c2ccc(-c3cc4c5cc(-c6ccc(C(c7ccccc7)c7ccc8c(c7)C(C)(C)c7ccccc7-8)cc6)ccc5oc4c4ccccc34)cc21. The van der Waals surface area contributed by atoms with Crippen molar-refractivity contribution >= 4 is 32.7 Å². The first-order valence-corrected chi connectivity index (χ1v) is 21.3. The summed E-state index contributed by atoms with van der Waals surface area (Å²) in [7, 11) is 0. The van der Waals surface area contributed by atoms with E-state index >= 15 is 0 Å². The Morgan fingerprint density at radius 2 is 0.867 bits per heavy atom. The lowest BCUT2D eigenvalue weighted by molar-refractivity contribution is 0.659. The second kappa shape index (κ2) is 12.8. The molecule has 1 unspecified atom stereocenters. The maximum absolute atomic E-state index is 6.71. The number of furan rings is 1. The van der Waals surface area contributed by atoms with Gasteiger partial charge < -0.3 is 4.42 Å². The minimum Gasteiger partial charge on any atom is -0.455 e. The number of hydrogen-bond donors (Lipinski definition) is 0. The highest BCUT2D eigenvalue weighted by atomic mass is 16.3. The normalized spacial score (nSPS) is 14.9. The van der Waals surface area contributed by atoms with E-state index in [-0.39, 0.29) is 16.7 Å². The van der Waals surface area contributed by atoms with Crippen molar-refractivity contribution in [3.63, 3.8) is 0 Å². The van der Waals surface area contributed by atoms with Gasteiger partial charge in [-0.3, -0.25) is 0 Å². The van der Waals surface area contributed by atoms with Gasteiger partial charge in [-0.05, 0) is 113 Å². The Labute approximate surface area is 351 Å². The summed E-state index contributed by atoms with van der Waals surface area (Å²) in [6.07, 6.45) is 0. The van der Waals surface area contributed by atoms with Crippen LogP contribution < -0.4 is 0 Å². The van der Waals surface area contributed by atoms with Crippen molar-refractivity contribution in [2.45, 2.75) is 44.4 Å². The summed E-state index contributed by atoms with van der Waals surface area (Å²) in [6, 6.07) is 70.0. The molecular weight excluding hydrogens is 725 g/mol. The predicted octanol–water partition coefficient (Wildman–Crippen LogP) is 15.9. The minimum atomic E-state index is -0.0691. The van der Waals surface area contributed by atoms with E-state index in [4.69, 9.17) is 4.42 Å². The van der Waals surface area contributed by atoms with Crippen LogP contribution in [0.15, 0.2) is 192 Å². The number of benzene rings is 9. The second-order valence-corrected chi connectivity index (χ2v) is 18.0. The molecule has 0 radical (unpaired) electrons. The van der Waals surface area contributed by atoms with Gasteiger partial charge in [-0.1, -0.05) is 191 Å². The van der Waals surface area contributed by atoms with Crippen LogP contribution in [-0.2, 0) is 10.8 Å². The lowest BCUT2D eigenvalue weighted by atomic mass is 9.79. The van der Waals surface area contributed by atoms with Gasteiger partial charge in [-0.2, -0.15) is 0 Å². The molecule has 0 saturated carbocycles. The summed E-state index contributed by atoms with van der Waals surface area (Å²) in [5.74, 6) is 0.107. The van der Waals surface area contributed by atoms with Crippen LogP contribution in [-0.4, -0.2) is 0 Å². The Kier molecular flexibility index (Phi) is 7.45. The van der Waals surface area contributed by atoms with E-state index in [0.29, 0.717) is 0 Å². The topological polar surface area (TPSA) is 13.1 Å². The van der Waals surface area contributed by atoms with Gasteiger partial charge in [0.15, 0.2) is 0 Å². The molecule has 1 atom stereocenters. The van der Waals surface area contributed by atoms with E-state index in [1.54, 1.807) is 0 Å². The van der Waals surface area contributed by atoms with E-state index in [2.05, 4.69) is 216 Å². The Hall–Kier alpha value is -6.96. The predicted molar refractivity (Wildman–Crippen MR) is 251 cm³/mol. The van der Waals surface area contributed by atoms with Gasteiger partial charge in [-0.15, -0.1) is 0 Å². The molecule has 60 heavy (non-hydrogen) atoms. The van der Waals surface area contributed by atoms with Crippen LogP contribution in [0, 0.1) is 0 Å². The zero-order chi connectivity index (χ0) is 40.3. The van der Waals surface area contributed by atoms with Crippen molar-refractivity contribution in [3.05, 3.63) is 227 Å². The van der Waals surface area contributed by atoms with Crippen LogP contribution in [0.25, 0.3) is 77.2 Å². The van der Waals surface area contributed by atoms with Gasteiger partial charge in [0.1, 0.15) is 11.2 Å². The Balaban J connectivity index is 0.949. The summed E-state index contributed by atoms with van der Waals surface area (Å²) in [6.45, 7) is 9.44. The second-order valence-electron chi connectivity index (χ2n) is 18.0. The first kappa shape index (κ1) is 35.0. The van der Waals surface area contributed by atoms with Crippen LogP contribution in [0.5, 0.6) is 0 Å². The number of fused-ring (bicyclic) bond motifs is 11. The monoisotopic (exact) mass is 768 g/mol. The smallest absolute Gasteiger partial charge is 0.143 e. The lowest BCUT2D eigenvalue weighted by Gasteiger charge is -2.24. The molecule has 0 fully saturated rings. The van der Waals surface area contributed by atoms with Gasteiger partial charge in [0.05, 0.1) is 0 Å². The van der Waals surface area contributed by atoms with E-state index in [1.165, 1.54) is 88.8 Å². The molecular formula is C59H44O. The quantitative estimate of drug-likeness (QED) is 0.159. The molecule has 1 nitrogen and oxygen atoms in total. The Morgan fingerprint density at radius 3 is 1.58 bits per heavy atom. The average molecular weight is 769 g/mol. The zero-order valence-electron chi connectivity index (χ0n) is 34.4. The molecule has 12 rings (SSSR count). The third-order valence-corrected chi connectivity index (χ3v) is 14.0. The molecule has 10 aromatic rings. The van der Waals surface area contributed by atoms with Crippen molar-refractivity contribution in [2.24, 2.45) is 0 Å². The number of rotatable bonds is 5. The molecule has 286 valence electrons. The van der Waals surface area contributed by atoms with Gasteiger partial charge >= 0.3 is 0 Å². The van der Waals surface area contributed by atoms with Crippen molar-refractivity contribution in [3.8, 4) is 44.5 Å². The highest BCUT2D eigenvalue weighted by molar-refractivity contribution is 6.19. The molecule has 0 amide bonds. The third-order valence-electron chi connectivity index (χ3n) is 14.0. The maximum Gasteiger partial charge on any atom is 0.143 e. The third kappa shape index (κ3) is 5.05. The first-order chi connectivity index (χ1) is 29.3. The zero-order valence-corrected chi connectivity index (χ0v) is 34.4. The standard InChI is InChI=1S/C59H44O/c1-58(2)51-20-12-10-17-43(51)45-29-26-40(33-53(45)58)48-35-50-49-32-39(28-31-55(49)60-57(50)47-19-9-8-16-42(47)48)36-22-24-38(25-23-36)56(37-14-6-5-7-15-37)41-27-30-46-44-18-11-13-21-52(44)59(3,4)54(46)34-41/h5-35,56H,1-4H3. The maximum atomic E-state index is 6.71. The molecule has 0 saturated heterocycles. The summed E-state index contributed by atoms with van der Waals surface area (Å²) in [4.78, 5) is 0. The molecule has 0 spiro atoms. The van der Waals surface area contributed by atoms with Gasteiger partial charge in [-0.25, -0.2) is 0 Å². The highest BCUT2D eigenvalue weighted by Crippen LogP contribution is 2.52. The highest BCUT2D eigenvalue weighted by Gasteiger charge is 2.37. The Morgan fingerprint density at radius 1 is 0.333 bits per heavy atom. The van der Waals surface area contributed by atoms with Crippen LogP contribution in [0.1, 0.15) is 72.6 Å². The molecule has 1 heteroatoms. The lowest BCUT2D eigenvalue weighted by Crippen LogP contribution is -2.15. The summed E-state index contributed by atoms with van der Waals surface area (Å²) in [5, 5.41) is 4.63. The van der Waals surface area contributed by atoms with Crippen LogP contribution in [0.4, 0.5) is 0 Å². The molecule has 2 aliphatic rings. The molecule has 9 aromatic carbocycles. The fourth-order valence-corrected chi connectivity index (χ4v) is 10.9. The van der Waals surface area contributed by atoms with Gasteiger partial charge in [0, 0.05) is 32.9 Å². The average Bonchev–Trinajstić information content (AvgIpc) is 3.86. The van der Waals surface area contributed by atoms with Crippen LogP contribution in [0.3, 0.4) is 0 Å². The molecule has 1 aromatic heterocycles. The molecule has 0 aliphatic heterocycles. The molecule has 0 N–H and O–H groups in total. The van der Waals surface area contributed by atoms with Crippen LogP contribution >= 0.6 is 0 Å². The first-order valence-electron chi connectivity index (χ1n) is 21.3. The molecule has 0 bridgehead atoms. The Bertz CT molecular complexity index is 3360. The van der Waals surface area contributed by atoms with E-state index in [0.717, 1.165) is 27.3 Å². The summed E-state index contributed by atoms with van der Waals surface area (Å²) < 4.78 is 6.71. The fraction of sp³-hybridized carbons (Fsp3) is 0.119. The number of hydrogen-bond acceptors (Lipinski definition) is 1. The fourth-order valence-electron chi connectivity index (χ4n) is 10.9. The van der Waals surface area contributed by atoms with Crippen LogP contribution in [0.2, 0.25) is 0 Å². The molecule has 2 aliphatic carbocycles. The minimum absolute atomic E-state index is 0.0549. The van der Waals surface area contributed by atoms with Gasteiger partial charge in [0.2, 0.25) is 0 Å². The van der Waals surface area contributed by atoms with E-state index in [1.807, 2.05) is 0 Å². The largest absolute Gasteiger partial charge is 0.455 e. The van der Waals surface area contributed by atoms with Crippen molar-refractivity contribution in [1.82, 2.24) is 0 Å². The summed E-state index contributed by atoms with van der Waals surface area (Å²) >= 11 is 0. The van der Waals surface area contributed by atoms with Gasteiger partial charge in [0.25, 0.3) is 0 Å². The van der Waals surface area contributed by atoms with Crippen molar-refractivity contribution in [2.75, 3.05) is 0 Å². The summed E-state index contributed by atoms with van der Waals surface area (Å²) in [5.41, 5.74) is 21.4. The van der Waals surface area contributed by atoms with Crippen molar-refractivity contribution in [1.29, 1.82) is 0 Å².